The van der Waals surface area contributed by atoms with Crippen molar-refractivity contribution in [1.29, 1.82) is 0 Å². The molecule has 3 nitrogen and oxygen atoms in total. The summed E-state index contributed by atoms with van der Waals surface area (Å²) in [6.07, 6.45) is -4.42. The molecule has 0 radical (unpaired) electrons. The van der Waals surface area contributed by atoms with Crippen LogP contribution in [0.25, 0.3) is 0 Å². The highest BCUT2D eigenvalue weighted by molar-refractivity contribution is 7.91. The van der Waals surface area contributed by atoms with Crippen molar-refractivity contribution in [3.63, 3.8) is 0 Å². The Morgan fingerprint density at radius 3 is 2.41 bits per heavy atom. The molecule has 0 unspecified atom stereocenters. The van der Waals surface area contributed by atoms with Gasteiger partial charge in [0.25, 0.3) is 0 Å². The van der Waals surface area contributed by atoms with Crippen LogP contribution in [0.15, 0.2) is 29.2 Å². The third-order valence-corrected chi connectivity index (χ3v) is 3.77. The molecule has 0 fully saturated rings. The van der Waals surface area contributed by atoms with Gasteiger partial charge in [0.2, 0.25) is 0 Å². The first-order valence-corrected chi connectivity index (χ1v) is 6.26. The topological polar surface area (TPSA) is 51.2 Å². The molecule has 1 aromatic rings. The second-order valence-corrected chi connectivity index (χ2v) is 5.41. The lowest BCUT2D eigenvalue weighted by atomic mass is 10.2. The number of aldehydes is 1. The molecule has 1 aromatic carbocycles. The number of rotatable bonds is 4. The van der Waals surface area contributed by atoms with Crippen molar-refractivity contribution >= 4 is 16.1 Å². The Kier molecular flexibility index (Phi) is 3.92. The van der Waals surface area contributed by atoms with Gasteiger partial charge >= 0.3 is 6.18 Å². The maximum absolute atomic E-state index is 12.4. The van der Waals surface area contributed by atoms with Crippen molar-refractivity contribution in [2.75, 3.05) is 5.75 Å². The summed E-state index contributed by atoms with van der Waals surface area (Å²) in [5.41, 5.74) is -1.02. The number of hydrogen-bond acceptors (Lipinski definition) is 3. The summed E-state index contributed by atoms with van der Waals surface area (Å²) in [5.74, 6) is -0.488. The molecule has 0 N–H and O–H groups in total. The van der Waals surface area contributed by atoms with Gasteiger partial charge in [-0.15, -0.1) is 0 Å². The van der Waals surface area contributed by atoms with E-state index >= 15 is 0 Å². The van der Waals surface area contributed by atoms with Crippen LogP contribution >= 0.6 is 0 Å². The number of carbonyl (C=O) groups is 1. The normalized spacial score (nSPS) is 12.4. The van der Waals surface area contributed by atoms with Crippen LogP contribution in [0.5, 0.6) is 0 Å². The lowest BCUT2D eigenvalue weighted by molar-refractivity contribution is -0.137. The minimum Gasteiger partial charge on any atom is -0.303 e. The fourth-order valence-electron chi connectivity index (χ4n) is 1.19. The first-order chi connectivity index (χ1) is 7.77. The molecule has 7 heteroatoms. The lowest BCUT2D eigenvalue weighted by Gasteiger charge is -2.08. The van der Waals surface area contributed by atoms with E-state index in [4.69, 9.17) is 0 Å². The number of carbonyl (C=O) groups excluding carboxylic acids is 1. The zero-order valence-corrected chi connectivity index (χ0v) is 9.38. The van der Waals surface area contributed by atoms with Gasteiger partial charge in [-0.25, -0.2) is 8.42 Å². The van der Waals surface area contributed by atoms with Crippen molar-refractivity contribution < 1.29 is 26.4 Å². The van der Waals surface area contributed by atoms with E-state index in [9.17, 15) is 26.4 Å². The zero-order valence-electron chi connectivity index (χ0n) is 8.57. The highest BCUT2D eigenvalue weighted by Crippen LogP contribution is 2.30. The monoisotopic (exact) mass is 266 g/mol. The van der Waals surface area contributed by atoms with Crippen LogP contribution in [-0.4, -0.2) is 20.5 Å². The Labute approximate surface area is 96.2 Å². The van der Waals surface area contributed by atoms with Gasteiger partial charge in [0.15, 0.2) is 9.84 Å². The molecule has 0 heterocycles. The highest BCUT2D eigenvalue weighted by Gasteiger charge is 2.31. The average Bonchev–Trinajstić information content (AvgIpc) is 2.25. The van der Waals surface area contributed by atoms with Crippen molar-refractivity contribution in [1.82, 2.24) is 0 Å². The maximum atomic E-state index is 12.4. The predicted octanol–water partition coefficient (Wildman–Crippen LogP) is 2.07. The van der Waals surface area contributed by atoms with E-state index in [1.807, 2.05) is 0 Å². The van der Waals surface area contributed by atoms with Crippen LogP contribution in [0.3, 0.4) is 0 Å². The van der Waals surface area contributed by atoms with Crippen LogP contribution in [0.2, 0.25) is 0 Å². The number of hydrogen-bond donors (Lipinski definition) is 0. The zero-order chi connectivity index (χ0) is 13.1. The minimum absolute atomic E-state index is 0.238. The Bertz CT molecular complexity index is 506. The number of halogens is 3. The molecule has 0 spiro atoms. The van der Waals surface area contributed by atoms with E-state index in [-0.39, 0.29) is 6.42 Å². The summed E-state index contributed by atoms with van der Waals surface area (Å²) in [4.78, 5) is 9.64. The summed E-state index contributed by atoms with van der Waals surface area (Å²) in [6.45, 7) is 0. The van der Waals surface area contributed by atoms with Crippen LogP contribution < -0.4 is 0 Å². The summed E-state index contributed by atoms with van der Waals surface area (Å²) >= 11 is 0. The molecule has 1 rings (SSSR count). The Balaban J connectivity index is 3.12. The molecule has 0 saturated carbocycles. The van der Waals surface area contributed by atoms with Gasteiger partial charge in [-0.1, -0.05) is 6.07 Å². The first-order valence-electron chi connectivity index (χ1n) is 4.61. The van der Waals surface area contributed by atoms with E-state index < -0.39 is 32.2 Å². The number of benzene rings is 1. The van der Waals surface area contributed by atoms with E-state index in [0.29, 0.717) is 12.4 Å². The first kappa shape index (κ1) is 13.7. The third kappa shape index (κ3) is 3.55. The van der Waals surface area contributed by atoms with Crippen LogP contribution in [0, 0.1) is 0 Å². The van der Waals surface area contributed by atoms with E-state index in [0.717, 1.165) is 18.2 Å². The molecule has 94 valence electrons. The van der Waals surface area contributed by atoms with E-state index in [1.165, 1.54) is 0 Å². The fourth-order valence-corrected chi connectivity index (χ4v) is 2.42. The Morgan fingerprint density at radius 1 is 1.24 bits per heavy atom. The molecule has 0 aliphatic rings. The van der Waals surface area contributed by atoms with Crippen molar-refractivity contribution in [3.05, 3.63) is 29.8 Å². The predicted molar refractivity (Wildman–Crippen MR) is 54.2 cm³/mol. The molecule has 0 aliphatic carbocycles. The average molecular weight is 266 g/mol. The van der Waals surface area contributed by atoms with Gasteiger partial charge < -0.3 is 4.79 Å². The molecule has 0 saturated heterocycles. The van der Waals surface area contributed by atoms with Gasteiger partial charge in [0.1, 0.15) is 6.29 Å². The van der Waals surface area contributed by atoms with E-state index in [2.05, 4.69) is 0 Å². The molecule has 17 heavy (non-hydrogen) atoms. The molecule has 0 bridgehead atoms. The van der Waals surface area contributed by atoms with Gasteiger partial charge in [-0.05, 0) is 18.2 Å². The van der Waals surface area contributed by atoms with Gasteiger partial charge in [-0.2, -0.15) is 13.2 Å². The largest absolute Gasteiger partial charge is 0.416 e. The smallest absolute Gasteiger partial charge is 0.303 e. The standard InChI is InChI=1S/C10H9F3O3S/c11-10(12,13)8-3-1-4-9(7-8)17(15,16)6-2-5-14/h1,3-5,7H,2,6H2. The van der Waals surface area contributed by atoms with Gasteiger partial charge in [0.05, 0.1) is 16.2 Å². The summed E-state index contributed by atoms with van der Waals surface area (Å²) in [7, 11) is -3.84. The quantitative estimate of drug-likeness (QED) is 0.784. The van der Waals surface area contributed by atoms with Gasteiger partial charge in [0, 0.05) is 6.42 Å². The van der Waals surface area contributed by atoms with Crippen molar-refractivity contribution in [2.45, 2.75) is 17.5 Å². The van der Waals surface area contributed by atoms with Gasteiger partial charge in [-0.3, -0.25) is 0 Å². The minimum atomic E-state index is -4.59. The molecule has 0 amide bonds. The summed E-state index contributed by atoms with van der Waals surface area (Å²) < 4.78 is 60.2. The Morgan fingerprint density at radius 2 is 1.88 bits per heavy atom. The Hall–Kier alpha value is -1.37. The highest BCUT2D eigenvalue weighted by atomic mass is 32.2. The fraction of sp³-hybridized carbons (Fsp3) is 0.300. The molecule has 0 aromatic heterocycles. The number of sulfone groups is 1. The second kappa shape index (κ2) is 4.87. The van der Waals surface area contributed by atoms with Crippen LogP contribution in [0.1, 0.15) is 12.0 Å². The summed E-state index contributed by atoms with van der Waals surface area (Å²) in [5, 5.41) is 0. The molecule has 0 atom stereocenters. The third-order valence-electron chi connectivity index (χ3n) is 2.02. The maximum Gasteiger partial charge on any atom is 0.416 e. The lowest BCUT2D eigenvalue weighted by Crippen LogP contribution is -2.10. The molecular formula is C10H9F3O3S. The molecular weight excluding hydrogens is 257 g/mol. The van der Waals surface area contributed by atoms with Crippen molar-refractivity contribution in [3.8, 4) is 0 Å². The second-order valence-electron chi connectivity index (χ2n) is 3.30. The van der Waals surface area contributed by atoms with Crippen LogP contribution in [0.4, 0.5) is 13.2 Å². The number of alkyl halides is 3. The summed E-state index contributed by atoms with van der Waals surface area (Å²) in [6, 6.07) is 3.46. The SMILES string of the molecule is O=CCCS(=O)(=O)c1cccc(C(F)(F)F)c1. The van der Waals surface area contributed by atoms with E-state index in [1.54, 1.807) is 0 Å². The molecule has 0 aliphatic heterocycles. The van der Waals surface area contributed by atoms with Crippen LogP contribution in [-0.2, 0) is 20.8 Å². The van der Waals surface area contributed by atoms with Crippen molar-refractivity contribution in [2.24, 2.45) is 0 Å².